The van der Waals surface area contributed by atoms with Crippen molar-refractivity contribution in [1.82, 2.24) is 0 Å². The SMILES string of the molecule is Cc1cc(S)cc(C)c1OCCC(C)C. The van der Waals surface area contributed by atoms with Gasteiger partial charge in [0.2, 0.25) is 0 Å². The molecule has 0 saturated carbocycles. The van der Waals surface area contributed by atoms with Crippen molar-refractivity contribution in [3.8, 4) is 5.75 Å². The summed E-state index contributed by atoms with van der Waals surface area (Å²) in [6, 6.07) is 4.08. The van der Waals surface area contributed by atoms with Crippen molar-refractivity contribution in [1.29, 1.82) is 0 Å². The van der Waals surface area contributed by atoms with Gasteiger partial charge in [-0.15, -0.1) is 12.6 Å². The quantitative estimate of drug-likeness (QED) is 0.760. The number of benzene rings is 1. The lowest BCUT2D eigenvalue weighted by molar-refractivity contribution is 0.286. The summed E-state index contributed by atoms with van der Waals surface area (Å²) in [7, 11) is 0. The van der Waals surface area contributed by atoms with Gasteiger partial charge in [-0.1, -0.05) is 13.8 Å². The van der Waals surface area contributed by atoms with Gasteiger partial charge >= 0.3 is 0 Å². The molecule has 0 amide bonds. The van der Waals surface area contributed by atoms with Crippen molar-refractivity contribution in [2.24, 2.45) is 5.92 Å². The molecule has 0 aliphatic carbocycles. The Morgan fingerprint density at radius 1 is 1.20 bits per heavy atom. The fourth-order valence-electron chi connectivity index (χ4n) is 1.55. The Morgan fingerprint density at radius 3 is 2.20 bits per heavy atom. The first kappa shape index (κ1) is 12.4. The first-order chi connectivity index (χ1) is 7.00. The van der Waals surface area contributed by atoms with Gasteiger partial charge in [-0.05, 0) is 49.4 Å². The van der Waals surface area contributed by atoms with Crippen LogP contribution in [0.5, 0.6) is 5.75 Å². The van der Waals surface area contributed by atoms with E-state index in [0.29, 0.717) is 5.92 Å². The molecule has 84 valence electrons. The van der Waals surface area contributed by atoms with Crippen LogP contribution >= 0.6 is 12.6 Å². The maximum absolute atomic E-state index is 5.80. The highest BCUT2D eigenvalue weighted by molar-refractivity contribution is 7.80. The molecule has 0 spiro atoms. The summed E-state index contributed by atoms with van der Waals surface area (Å²) < 4.78 is 5.80. The molecule has 0 aromatic heterocycles. The van der Waals surface area contributed by atoms with Gasteiger partial charge < -0.3 is 4.74 Å². The monoisotopic (exact) mass is 224 g/mol. The van der Waals surface area contributed by atoms with Crippen molar-refractivity contribution >= 4 is 12.6 Å². The maximum atomic E-state index is 5.80. The first-order valence-electron chi connectivity index (χ1n) is 5.43. The van der Waals surface area contributed by atoms with Crippen LogP contribution in [0.4, 0.5) is 0 Å². The molecule has 0 aliphatic heterocycles. The molecule has 0 unspecified atom stereocenters. The minimum atomic E-state index is 0.690. The van der Waals surface area contributed by atoms with Crippen LogP contribution in [0.3, 0.4) is 0 Å². The molecule has 0 saturated heterocycles. The van der Waals surface area contributed by atoms with Crippen molar-refractivity contribution in [3.05, 3.63) is 23.3 Å². The molecule has 0 fully saturated rings. The second-order valence-corrected chi connectivity index (χ2v) is 4.96. The molecular weight excluding hydrogens is 204 g/mol. The smallest absolute Gasteiger partial charge is 0.125 e. The van der Waals surface area contributed by atoms with Crippen molar-refractivity contribution in [3.63, 3.8) is 0 Å². The summed E-state index contributed by atoms with van der Waals surface area (Å²) in [4.78, 5) is 1.00. The highest BCUT2D eigenvalue weighted by Crippen LogP contribution is 2.26. The maximum Gasteiger partial charge on any atom is 0.125 e. The molecule has 0 N–H and O–H groups in total. The van der Waals surface area contributed by atoms with E-state index in [9.17, 15) is 0 Å². The van der Waals surface area contributed by atoms with Crippen LogP contribution in [0.1, 0.15) is 31.4 Å². The van der Waals surface area contributed by atoms with E-state index in [0.717, 1.165) is 23.7 Å². The first-order valence-corrected chi connectivity index (χ1v) is 5.88. The van der Waals surface area contributed by atoms with Crippen LogP contribution < -0.4 is 4.74 Å². The Hall–Kier alpha value is -0.630. The molecule has 1 aromatic rings. The predicted octanol–water partition coefficient (Wildman–Crippen LogP) is 4.02. The van der Waals surface area contributed by atoms with E-state index in [-0.39, 0.29) is 0 Å². The molecule has 2 heteroatoms. The van der Waals surface area contributed by atoms with Crippen molar-refractivity contribution in [2.75, 3.05) is 6.61 Å². The summed E-state index contributed by atoms with van der Waals surface area (Å²) >= 11 is 4.34. The zero-order chi connectivity index (χ0) is 11.4. The summed E-state index contributed by atoms with van der Waals surface area (Å²) in [5.41, 5.74) is 2.34. The molecule has 0 radical (unpaired) electrons. The third-order valence-corrected chi connectivity index (χ3v) is 2.64. The van der Waals surface area contributed by atoms with Gasteiger partial charge in [-0.25, -0.2) is 0 Å². The molecule has 1 aromatic carbocycles. The summed E-state index contributed by atoms with van der Waals surface area (Å²) in [5, 5.41) is 0. The fourth-order valence-corrected chi connectivity index (χ4v) is 1.94. The fraction of sp³-hybridized carbons (Fsp3) is 0.538. The Kier molecular flexibility index (Phi) is 4.52. The van der Waals surface area contributed by atoms with Gasteiger partial charge in [-0.2, -0.15) is 0 Å². The average Bonchev–Trinajstić information content (AvgIpc) is 2.08. The Balaban J connectivity index is 2.68. The molecule has 0 bridgehead atoms. The number of thiol groups is 1. The summed E-state index contributed by atoms with van der Waals surface area (Å²) in [6.07, 6.45) is 1.10. The number of ether oxygens (including phenoxy) is 1. The van der Waals surface area contributed by atoms with Gasteiger partial charge in [0, 0.05) is 4.90 Å². The topological polar surface area (TPSA) is 9.23 Å². The lowest BCUT2D eigenvalue weighted by atomic mass is 10.1. The largest absolute Gasteiger partial charge is 0.493 e. The van der Waals surface area contributed by atoms with E-state index < -0.39 is 0 Å². The normalized spacial score (nSPS) is 10.8. The molecule has 15 heavy (non-hydrogen) atoms. The third kappa shape index (κ3) is 3.78. The Bertz CT molecular complexity index is 308. The van der Waals surface area contributed by atoms with Crippen LogP contribution in [0, 0.1) is 19.8 Å². The summed E-state index contributed by atoms with van der Waals surface area (Å²) in [6.45, 7) is 9.35. The number of rotatable bonds is 4. The second-order valence-electron chi connectivity index (χ2n) is 4.44. The third-order valence-electron chi connectivity index (χ3n) is 2.39. The number of hydrogen-bond acceptors (Lipinski definition) is 2. The van der Waals surface area contributed by atoms with E-state index in [1.165, 1.54) is 11.1 Å². The highest BCUT2D eigenvalue weighted by Gasteiger charge is 2.05. The highest BCUT2D eigenvalue weighted by atomic mass is 32.1. The lowest BCUT2D eigenvalue weighted by Crippen LogP contribution is -2.03. The van der Waals surface area contributed by atoms with Gasteiger partial charge in [-0.3, -0.25) is 0 Å². The Morgan fingerprint density at radius 2 is 1.73 bits per heavy atom. The zero-order valence-electron chi connectivity index (χ0n) is 10.0. The molecule has 1 nitrogen and oxygen atoms in total. The lowest BCUT2D eigenvalue weighted by Gasteiger charge is -2.13. The molecule has 1 rings (SSSR count). The second kappa shape index (κ2) is 5.45. The van der Waals surface area contributed by atoms with Gasteiger partial charge in [0.25, 0.3) is 0 Å². The molecule has 0 atom stereocenters. The van der Waals surface area contributed by atoms with Crippen LogP contribution in [-0.4, -0.2) is 6.61 Å². The predicted molar refractivity (Wildman–Crippen MR) is 68.1 cm³/mol. The van der Waals surface area contributed by atoms with E-state index in [4.69, 9.17) is 4.74 Å². The van der Waals surface area contributed by atoms with E-state index in [2.05, 4.69) is 40.3 Å². The standard InChI is InChI=1S/C13H20OS/c1-9(2)5-6-14-13-10(3)7-12(15)8-11(13)4/h7-9,15H,5-6H2,1-4H3. The van der Waals surface area contributed by atoms with Gasteiger partial charge in [0.1, 0.15) is 5.75 Å². The van der Waals surface area contributed by atoms with Crippen LogP contribution in [-0.2, 0) is 0 Å². The molecule has 0 heterocycles. The number of hydrogen-bond donors (Lipinski definition) is 1. The number of aryl methyl sites for hydroxylation is 2. The minimum Gasteiger partial charge on any atom is -0.493 e. The van der Waals surface area contributed by atoms with E-state index >= 15 is 0 Å². The summed E-state index contributed by atoms with van der Waals surface area (Å²) in [5.74, 6) is 1.71. The van der Waals surface area contributed by atoms with Gasteiger partial charge in [0.05, 0.1) is 6.61 Å². The Labute approximate surface area is 98.3 Å². The average molecular weight is 224 g/mol. The van der Waals surface area contributed by atoms with Crippen LogP contribution in [0.25, 0.3) is 0 Å². The van der Waals surface area contributed by atoms with Crippen LogP contribution in [0.2, 0.25) is 0 Å². The molecule has 0 aliphatic rings. The van der Waals surface area contributed by atoms with E-state index in [1.807, 2.05) is 12.1 Å². The van der Waals surface area contributed by atoms with Crippen molar-refractivity contribution < 1.29 is 4.74 Å². The van der Waals surface area contributed by atoms with Crippen molar-refractivity contribution in [2.45, 2.75) is 39.0 Å². The van der Waals surface area contributed by atoms with Gasteiger partial charge in [0.15, 0.2) is 0 Å². The van der Waals surface area contributed by atoms with E-state index in [1.54, 1.807) is 0 Å². The molecular formula is C13H20OS. The van der Waals surface area contributed by atoms with Crippen LogP contribution in [0.15, 0.2) is 17.0 Å². The zero-order valence-corrected chi connectivity index (χ0v) is 10.9. The minimum absolute atomic E-state index is 0.690.